The van der Waals surface area contributed by atoms with Crippen LogP contribution in [0.5, 0.6) is 5.75 Å². The molecule has 3 heterocycles. The Morgan fingerprint density at radius 2 is 1.97 bits per heavy atom. The normalized spacial score (nSPS) is 11.3. The number of rotatable bonds is 9. The Labute approximate surface area is 195 Å². The molecule has 166 valence electrons. The van der Waals surface area contributed by atoms with Gasteiger partial charge in [0.2, 0.25) is 0 Å². The van der Waals surface area contributed by atoms with Crippen LogP contribution < -0.4 is 4.74 Å². The van der Waals surface area contributed by atoms with Crippen LogP contribution in [0.3, 0.4) is 0 Å². The van der Waals surface area contributed by atoms with Gasteiger partial charge in [0, 0.05) is 24.2 Å². The zero-order valence-electron chi connectivity index (χ0n) is 18.0. The Morgan fingerprint density at radius 3 is 2.69 bits per heavy atom. The average Bonchev–Trinajstić information content (AvgIpc) is 3.41. The molecule has 10 heteroatoms. The molecule has 0 aliphatic heterocycles. The highest BCUT2D eigenvalue weighted by Crippen LogP contribution is 2.27. The van der Waals surface area contributed by atoms with Crippen molar-refractivity contribution in [2.45, 2.75) is 32.8 Å². The summed E-state index contributed by atoms with van der Waals surface area (Å²) in [5.41, 5.74) is 1.67. The van der Waals surface area contributed by atoms with Gasteiger partial charge in [-0.3, -0.25) is 0 Å². The van der Waals surface area contributed by atoms with Crippen LogP contribution in [0.2, 0.25) is 5.02 Å². The molecule has 8 nitrogen and oxygen atoms in total. The number of aromatic nitrogens is 6. The molecule has 0 aliphatic rings. The molecule has 0 amide bonds. The van der Waals surface area contributed by atoms with Gasteiger partial charge in [-0.1, -0.05) is 11.6 Å². The van der Waals surface area contributed by atoms with Gasteiger partial charge in [0.1, 0.15) is 11.6 Å². The lowest BCUT2D eigenvalue weighted by Gasteiger charge is -2.08. The number of halogens is 1. The quantitative estimate of drug-likeness (QED) is 0.358. The fourth-order valence-electron chi connectivity index (χ4n) is 3.05. The molecule has 0 bridgehead atoms. The molecule has 4 aromatic rings. The van der Waals surface area contributed by atoms with Crippen molar-refractivity contribution in [2.75, 3.05) is 13.7 Å². The van der Waals surface area contributed by atoms with E-state index in [1.807, 2.05) is 37.4 Å². The van der Waals surface area contributed by atoms with Crippen molar-refractivity contribution in [3.63, 3.8) is 0 Å². The van der Waals surface area contributed by atoms with E-state index >= 15 is 0 Å². The maximum absolute atomic E-state index is 6.36. The predicted octanol–water partition coefficient (Wildman–Crippen LogP) is 4.40. The summed E-state index contributed by atoms with van der Waals surface area (Å²) >= 11 is 7.86. The van der Waals surface area contributed by atoms with Crippen molar-refractivity contribution in [1.29, 1.82) is 0 Å². The second-order valence-corrected chi connectivity index (χ2v) is 8.50. The van der Waals surface area contributed by atoms with Gasteiger partial charge in [0.15, 0.2) is 16.7 Å². The van der Waals surface area contributed by atoms with E-state index in [0.717, 1.165) is 22.2 Å². The summed E-state index contributed by atoms with van der Waals surface area (Å²) in [4.78, 5) is 18.0. The molecule has 0 fully saturated rings. The van der Waals surface area contributed by atoms with E-state index in [1.54, 1.807) is 30.3 Å². The summed E-state index contributed by atoms with van der Waals surface area (Å²) in [6.45, 7) is 4.57. The lowest BCUT2D eigenvalue weighted by atomic mass is 10.2. The van der Waals surface area contributed by atoms with Gasteiger partial charge < -0.3 is 9.47 Å². The zero-order valence-corrected chi connectivity index (χ0v) is 19.6. The first-order chi connectivity index (χ1) is 15.5. The Hall–Kier alpha value is -2.88. The van der Waals surface area contributed by atoms with Gasteiger partial charge in [-0.2, -0.15) is 5.10 Å². The highest BCUT2D eigenvalue weighted by atomic mass is 35.5. The lowest BCUT2D eigenvalue weighted by Crippen LogP contribution is -2.07. The molecular formula is C22H23ClN6O2S. The van der Waals surface area contributed by atoms with Crippen molar-refractivity contribution in [1.82, 2.24) is 29.7 Å². The third kappa shape index (κ3) is 5.29. The first-order valence-corrected chi connectivity index (χ1v) is 11.4. The Kier molecular flexibility index (Phi) is 7.09. The van der Waals surface area contributed by atoms with E-state index in [1.165, 1.54) is 11.3 Å². The Bertz CT molecular complexity index is 1180. The minimum Gasteiger partial charge on any atom is -0.495 e. The number of nitrogens with zero attached hydrogens (tertiary/aromatic N) is 6. The fourth-order valence-corrected chi connectivity index (χ4v) is 4.07. The average molecular weight is 471 g/mol. The molecule has 0 atom stereocenters. The number of ether oxygens (including phenoxy) is 2. The maximum atomic E-state index is 6.36. The van der Waals surface area contributed by atoms with Crippen LogP contribution in [0.15, 0.2) is 42.0 Å². The topological polar surface area (TPSA) is 87.8 Å². The lowest BCUT2D eigenvalue weighted by molar-refractivity contribution is 0.0804. The SMILES string of the molecule is COc1ccc(-n2nc(CCOC(C)C)nc2Cc2csc(-c3ncccn3)n2)cc1Cl. The smallest absolute Gasteiger partial charge is 0.188 e. The van der Waals surface area contributed by atoms with Crippen LogP contribution in [0.25, 0.3) is 16.5 Å². The summed E-state index contributed by atoms with van der Waals surface area (Å²) in [7, 11) is 1.59. The monoisotopic (exact) mass is 470 g/mol. The van der Waals surface area contributed by atoms with Gasteiger partial charge in [-0.05, 0) is 38.1 Å². The summed E-state index contributed by atoms with van der Waals surface area (Å²) in [6, 6.07) is 7.32. The minimum atomic E-state index is 0.158. The van der Waals surface area contributed by atoms with E-state index < -0.39 is 0 Å². The van der Waals surface area contributed by atoms with Crippen molar-refractivity contribution < 1.29 is 9.47 Å². The summed E-state index contributed by atoms with van der Waals surface area (Å²) in [6.07, 6.45) is 4.69. The van der Waals surface area contributed by atoms with Crippen molar-refractivity contribution in [2.24, 2.45) is 0 Å². The first kappa shape index (κ1) is 22.3. The standard InChI is InChI=1S/C22H23ClN6O2S/c1-14(2)31-10-7-19-27-20(29(28-19)16-5-6-18(30-3)17(23)12-16)11-15-13-32-22(26-15)21-24-8-4-9-25-21/h4-6,8-9,12-14H,7,10-11H2,1-3H3. The molecule has 4 rings (SSSR count). The van der Waals surface area contributed by atoms with Crippen LogP contribution in [0.4, 0.5) is 0 Å². The molecule has 3 aromatic heterocycles. The van der Waals surface area contributed by atoms with Crippen molar-refractivity contribution >= 4 is 22.9 Å². The molecule has 0 radical (unpaired) electrons. The van der Waals surface area contributed by atoms with Gasteiger partial charge >= 0.3 is 0 Å². The molecule has 0 aliphatic carbocycles. The predicted molar refractivity (Wildman–Crippen MR) is 124 cm³/mol. The summed E-state index contributed by atoms with van der Waals surface area (Å²) in [5, 5.41) is 7.98. The van der Waals surface area contributed by atoms with Crippen LogP contribution in [0.1, 0.15) is 31.2 Å². The molecule has 32 heavy (non-hydrogen) atoms. The zero-order chi connectivity index (χ0) is 22.5. The molecule has 0 N–H and O–H groups in total. The molecule has 0 saturated carbocycles. The second kappa shape index (κ2) is 10.2. The van der Waals surface area contributed by atoms with Gasteiger partial charge in [-0.15, -0.1) is 11.3 Å². The molecule has 0 saturated heterocycles. The number of thiazole rings is 1. The summed E-state index contributed by atoms with van der Waals surface area (Å²) in [5.74, 6) is 2.68. The molecule has 0 spiro atoms. The third-order valence-electron chi connectivity index (χ3n) is 4.52. The van der Waals surface area contributed by atoms with Crippen LogP contribution in [-0.2, 0) is 17.6 Å². The Morgan fingerprint density at radius 1 is 1.16 bits per heavy atom. The molecule has 1 aromatic carbocycles. The van der Waals surface area contributed by atoms with E-state index in [-0.39, 0.29) is 6.10 Å². The number of hydrogen-bond acceptors (Lipinski definition) is 8. The van der Waals surface area contributed by atoms with Crippen molar-refractivity contribution in [3.05, 3.63) is 64.4 Å². The number of hydrogen-bond donors (Lipinski definition) is 0. The minimum absolute atomic E-state index is 0.158. The second-order valence-electron chi connectivity index (χ2n) is 7.24. The van der Waals surface area contributed by atoms with E-state index in [2.05, 4.69) is 9.97 Å². The number of methoxy groups -OCH3 is 1. The van der Waals surface area contributed by atoms with E-state index in [0.29, 0.717) is 41.9 Å². The maximum Gasteiger partial charge on any atom is 0.188 e. The van der Waals surface area contributed by atoms with Crippen LogP contribution >= 0.6 is 22.9 Å². The highest BCUT2D eigenvalue weighted by molar-refractivity contribution is 7.13. The van der Waals surface area contributed by atoms with Gasteiger partial charge in [0.05, 0.1) is 42.6 Å². The van der Waals surface area contributed by atoms with Gasteiger partial charge in [0.25, 0.3) is 0 Å². The van der Waals surface area contributed by atoms with E-state index in [4.69, 9.17) is 36.1 Å². The van der Waals surface area contributed by atoms with E-state index in [9.17, 15) is 0 Å². The largest absolute Gasteiger partial charge is 0.495 e. The molecule has 0 unspecified atom stereocenters. The number of benzene rings is 1. The first-order valence-electron chi connectivity index (χ1n) is 10.2. The molecular weight excluding hydrogens is 448 g/mol. The third-order valence-corrected chi connectivity index (χ3v) is 5.71. The van der Waals surface area contributed by atoms with Crippen LogP contribution in [-0.4, -0.2) is 49.5 Å². The van der Waals surface area contributed by atoms with Gasteiger partial charge in [-0.25, -0.2) is 24.6 Å². The highest BCUT2D eigenvalue weighted by Gasteiger charge is 2.16. The summed E-state index contributed by atoms with van der Waals surface area (Å²) < 4.78 is 12.7. The van der Waals surface area contributed by atoms with Crippen molar-refractivity contribution in [3.8, 4) is 22.3 Å². The Balaban J connectivity index is 1.63. The van der Waals surface area contributed by atoms with Crippen LogP contribution in [0, 0.1) is 0 Å². The fraction of sp³-hybridized carbons (Fsp3) is 0.318.